The van der Waals surface area contributed by atoms with Crippen LogP contribution in [0.1, 0.15) is 10.5 Å². The monoisotopic (exact) mass is 211 g/mol. The second kappa shape index (κ2) is 2.94. The van der Waals surface area contributed by atoms with Crippen LogP contribution in [0.25, 0.3) is 10.9 Å². The Bertz CT molecular complexity index is 562. The van der Waals surface area contributed by atoms with Gasteiger partial charge >= 0.3 is 0 Å². The molecule has 1 aromatic carbocycles. The second-order valence-corrected chi connectivity index (χ2v) is 3.09. The quantitative estimate of drug-likeness (QED) is 0.660. The molecule has 0 spiro atoms. The maximum atomic E-state index is 12.9. The van der Waals surface area contributed by atoms with Gasteiger partial charge in [0.05, 0.1) is 11.2 Å². The van der Waals surface area contributed by atoms with Crippen molar-refractivity contribution >= 4 is 22.5 Å². The van der Waals surface area contributed by atoms with Gasteiger partial charge < -0.3 is 16.5 Å². The Labute approximate surface area is 82.9 Å². The number of anilines is 1. The van der Waals surface area contributed by atoms with E-state index < -0.39 is 17.5 Å². The summed E-state index contributed by atoms with van der Waals surface area (Å²) >= 11 is 0. The lowest BCUT2D eigenvalue weighted by atomic mass is 10.2. The lowest BCUT2D eigenvalue weighted by Crippen LogP contribution is -2.13. The van der Waals surface area contributed by atoms with E-state index in [9.17, 15) is 13.6 Å². The molecule has 2 rings (SSSR count). The van der Waals surface area contributed by atoms with Gasteiger partial charge in [0.1, 0.15) is 5.69 Å². The van der Waals surface area contributed by atoms with E-state index in [0.717, 1.165) is 12.1 Å². The summed E-state index contributed by atoms with van der Waals surface area (Å²) in [5.41, 5.74) is 10.8. The van der Waals surface area contributed by atoms with Crippen LogP contribution in [-0.4, -0.2) is 10.9 Å². The van der Waals surface area contributed by atoms with Crippen molar-refractivity contribution in [3.05, 3.63) is 29.5 Å². The van der Waals surface area contributed by atoms with Gasteiger partial charge in [0, 0.05) is 11.5 Å². The third kappa shape index (κ3) is 1.30. The highest BCUT2D eigenvalue weighted by Gasteiger charge is 2.15. The highest BCUT2D eigenvalue weighted by Crippen LogP contribution is 2.26. The zero-order valence-corrected chi connectivity index (χ0v) is 7.47. The van der Waals surface area contributed by atoms with Crippen LogP contribution in [-0.2, 0) is 0 Å². The van der Waals surface area contributed by atoms with Crippen molar-refractivity contribution in [2.75, 3.05) is 5.73 Å². The van der Waals surface area contributed by atoms with Crippen LogP contribution in [0, 0.1) is 11.6 Å². The molecule has 0 bridgehead atoms. The van der Waals surface area contributed by atoms with E-state index in [-0.39, 0.29) is 22.3 Å². The SMILES string of the molecule is NC(=O)c1[nH]c2cc(F)c(F)cc2c1N. The molecule has 1 aromatic heterocycles. The number of aromatic nitrogens is 1. The molecule has 15 heavy (non-hydrogen) atoms. The lowest BCUT2D eigenvalue weighted by Gasteiger charge is -1.94. The molecule has 1 amide bonds. The zero-order chi connectivity index (χ0) is 11.2. The first kappa shape index (κ1) is 9.45. The molecule has 2 aromatic rings. The molecule has 0 aliphatic heterocycles. The molecule has 0 atom stereocenters. The Morgan fingerprint density at radius 3 is 2.47 bits per heavy atom. The molecule has 0 aliphatic carbocycles. The number of halogens is 2. The third-order valence-electron chi connectivity index (χ3n) is 2.13. The zero-order valence-electron chi connectivity index (χ0n) is 7.47. The number of carbonyl (C=O) groups is 1. The van der Waals surface area contributed by atoms with Crippen molar-refractivity contribution in [2.24, 2.45) is 5.73 Å². The molecule has 78 valence electrons. The van der Waals surface area contributed by atoms with Crippen LogP contribution < -0.4 is 11.5 Å². The van der Waals surface area contributed by atoms with Crippen molar-refractivity contribution in [1.82, 2.24) is 4.98 Å². The van der Waals surface area contributed by atoms with Crippen molar-refractivity contribution in [3.63, 3.8) is 0 Å². The van der Waals surface area contributed by atoms with E-state index >= 15 is 0 Å². The molecule has 0 saturated carbocycles. The number of aromatic amines is 1. The number of benzene rings is 1. The number of nitrogens with one attached hydrogen (secondary N) is 1. The number of nitrogen functional groups attached to an aromatic ring is 1. The lowest BCUT2D eigenvalue weighted by molar-refractivity contribution is 0.0997. The molecule has 5 N–H and O–H groups in total. The van der Waals surface area contributed by atoms with Crippen LogP contribution in [0.2, 0.25) is 0 Å². The first-order valence-corrected chi connectivity index (χ1v) is 4.06. The summed E-state index contributed by atoms with van der Waals surface area (Å²) in [6.07, 6.45) is 0. The Kier molecular flexibility index (Phi) is 1.85. The van der Waals surface area contributed by atoms with Gasteiger partial charge in [0.25, 0.3) is 5.91 Å². The largest absolute Gasteiger partial charge is 0.396 e. The predicted octanol–water partition coefficient (Wildman–Crippen LogP) is 1.13. The summed E-state index contributed by atoms with van der Waals surface area (Å²) in [6.45, 7) is 0. The van der Waals surface area contributed by atoms with Gasteiger partial charge in [0.2, 0.25) is 0 Å². The van der Waals surface area contributed by atoms with Crippen molar-refractivity contribution < 1.29 is 13.6 Å². The minimum atomic E-state index is -1.02. The standard InChI is InChI=1S/C9H7F2N3O/c10-4-1-3-6(2-5(4)11)14-8(7(3)12)9(13)15/h1-2,14H,12H2,(H2,13,15). The highest BCUT2D eigenvalue weighted by atomic mass is 19.2. The maximum Gasteiger partial charge on any atom is 0.267 e. The Morgan fingerprint density at radius 1 is 1.27 bits per heavy atom. The molecular weight excluding hydrogens is 204 g/mol. The Morgan fingerprint density at radius 2 is 1.87 bits per heavy atom. The number of nitrogens with two attached hydrogens (primary N) is 2. The first-order valence-electron chi connectivity index (χ1n) is 4.06. The molecule has 0 radical (unpaired) electrons. The van der Waals surface area contributed by atoms with Crippen molar-refractivity contribution in [2.45, 2.75) is 0 Å². The summed E-state index contributed by atoms with van der Waals surface area (Å²) in [5.74, 6) is -2.81. The minimum Gasteiger partial charge on any atom is -0.396 e. The fourth-order valence-corrected chi connectivity index (χ4v) is 1.40. The van der Waals surface area contributed by atoms with Gasteiger partial charge in [-0.05, 0) is 6.07 Å². The van der Waals surface area contributed by atoms with Crippen molar-refractivity contribution in [1.29, 1.82) is 0 Å². The van der Waals surface area contributed by atoms with E-state index in [1.54, 1.807) is 0 Å². The number of fused-ring (bicyclic) bond motifs is 1. The number of rotatable bonds is 1. The van der Waals surface area contributed by atoms with Crippen LogP contribution in [0.15, 0.2) is 12.1 Å². The van der Waals surface area contributed by atoms with E-state index in [0.29, 0.717) is 0 Å². The number of amides is 1. The fraction of sp³-hybridized carbons (Fsp3) is 0. The van der Waals surface area contributed by atoms with E-state index in [4.69, 9.17) is 11.5 Å². The van der Waals surface area contributed by atoms with Gasteiger partial charge in [-0.25, -0.2) is 8.78 Å². The summed E-state index contributed by atoms with van der Waals surface area (Å²) in [6, 6.07) is 1.84. The van der Waals surface area contributed by atoms with E-state index in [2.05, 4.69) is 4.98 Å². The van der Waals surface area contributed by atoms with Crippen LogP contribution in [0.5, 0.6) is 0 Å². The smallest absolute Gasteiger partial charge is 0.267 e. The number of hydrogen-bond donors (Lipinski definition) is 3. The Balaban J connectivity index is 2.83. The number of primary amides is 1. The molecule has 1 heterocycles. The normalized spacial score (nSPS) is 10.8. The van der Waals surface area contributed by atoms with Gasteiger partial charge in [-0.1, -0.05) is 0 Å². The summed E-state index contributed by atoms with van der Waals surface area (Å²) in [5, 5.41) is 0.239. The number of carbonyl (C=O) groups excluding carboxylic acids is 1. The summed E-state index contributed by atoms with van der Waals surface area (Å²) in [4.78, 5) is 13.4. The fourth-order valence-electron chi connectivity index (χ4n) is 1.40. The van der Waals surface area contributed by atoms with Gasteiger partial charge in [-0.3, -0.25) is 4.79 Å². The van der Waals surface area contributed by atoms with Crippen LogP contribution >= 0.6 is 0 Å². The third-order valence-corrected chi connectivity index (χ3v) is 2.13. The molecule has 0 unspecified atom stereocenters. The van der Waals surface area contributed by atoms with Gasteiger partial charge in [0.15, 0.2) is 11.6 Å². The molecule has 0 saturated heterocycles. The minimum absolute atomic E-state index is 0.0244. The molecular formula is C9H7F2N3O. The van der Waals surface area contributed by atoms with Crippen molar-refractivity contribution in [3.8, 4) is 0 Å². The predicted molar refractivity (Wildman–Crippen MR) is 51.1 cm³/mol. The number of H-pyrrole nitrogens is 1. The Hall–Kier alpha value is -2.11. The van der Waals surface area contributed by atoms with Gasteiger partial charge in [-0.15, -0.1) is 0 Å². The first-order chi connectivity index (χ1) is 7.00. The van der Waals surface area contributed by atoms with Crippen LogP contribution in [0.3, 0.4) is 0 Å². The summed E-state index contributed by atoms with van der Waals surface area (Å²) in [7, 11) is 0. The van der Waals surface area contributed by atoms with Gasteiger partial charge in [-0.2, -0.15) is 0 Å². The van der Waals surface area contributed by atoms with E-state index in [1.165, 1.54) is 0 Å². The average Bonchev–Trinajstić information content (AvgIpc) is 2.46. The highest BCUT2D eigenvalue weighted by molar-refractivity contribution is 6.06. The van der Waals surface area contributed by atoms with Crippen LogP contribution in [0.4, 0.5) is 14.5 Å². The van der Waals surface area contributed by atoms with E-state index in [1.807, 2.05) is 0 Å². The molecule has 0 aliphatic rings. The average molecular weight is 211 g/mol. The maximum absolute atomic E-state index is 12.9. The topological polar surface area (TPSA) is 84.9 Å². The second-order valence-electron chi connectivity index (χ2n) is 3.09. The molecule has 6 heteroatoms. The molecule has 4 nitrogen and oxygen atoms in total. The summed E-state index contributed by atoms with van der Waals surface area (Å²) < 4.78 is 25.7. The number of hydrogen-bond acceptors (Lipinski definition) is 2. The molecule has 0 fully saturated rings.